The highest BCUT2D eigenvalue weighted by atomic mass is 32.2. The number of carbonyl (C=O) groups excluding carboxylic acids is 3. The van der Waals surface area contributed by atoms with Gasteiger partial charge in [0.05, 0.1) is 24.7 Å². The highest BCUT2D eigenvalue weighted by molar-refractivity contribution is 8.15. The maximum atomic E-state index is 12.3. The van der Waals surface area contributed by atoms with E-state index in [0.717, 1.165) is 11.3 Å². The fourth-order valence-electron chi connectivity index (χ4n) is 2.78. The van der Waals surface area contributed by atoms with Crippen LogP contribution in [0, 0.1) is 6.92 Å². The number of nitrogens with one attached hydrogen (secondary N) is 1. The molecule has 2 heterocycles. The van der Waals surface area contributed by atoms with Crippen molar-refractivity contribution in [2.24, 2.45) is 4.99 Å². The van der Waals surface area contributed by atoms with Crippen molar-refractivity contribution in [3.8, 4) is 0 Å². The maximum Gasteiger partial charge on any atom is 0.260 e. The normalized spacial score (nSPS) is 20.0. The summed E-state index contributed by atoms with van der Waals surface area (Å²) in [6, 6.07) is 7.47. The van der Waals surface area contributed by atoms with Crippen LogP contribution in [0.2, 0.25) is 0 Å². The number of nitrogens with zero attached hydrogens (tertiary/aromatic N) is 2. The van der Waals surface area contributed by atoms with Crippen LogP contribution in [0.1, 0.15) is 18.4 Å². The van der Waals surface area contributed by atoms with Crippen molar-refractivity contribution in [1.82, 2.24) is 4.90 Å². The summed E-state index contributed by atoms with van der Waals surface area (Å²) in [5.74, 6) is -0.641. The maximum absolute atomic E-state index is 12.3. The van der Waals surface area contributed by atoms with E-state index in [-0.39, 0.29) is 30.6 Å². The number of ether oxygens (including phenoxy) is 1. The minimum atomic E-state index is -0.563. The zero-order valence-electron chi connectivity index (χ0n) is 14.6. The molecule has 7 nitrogen and oxygen atoms in total. The highest BCUT2D eigenvalue weighted by Crippen LogP contribution is 2.28. The number of rotatable bonds is 5. The quantitative estimate of drug-likeness (QED) is 0.845. The van der Waals surface area contributed by atoms with E-state index in [1.54, 1.807) is 4.90 Å². The van der Waals surface area contributed by atoms with Crippen LogP contribution < -0.4 is 5.32 Å². The van der Waals surface area contributed by atoms with Crippen molar-refractivity contribution in [3.05, 3.63) is 29.8 Å². The number of carbonyl (C=O) groups is 3. The number of aliphatic imine (C=N–C) groups is 1. The fourth-order valence-corrected chi connectivity index (χ4v) is 3.85. The first kappa shape index (κ1) is 18.6. The molecule has 1 atom stereocenters. The Bertz CT molecular complexity index is 744. The molecule has 2 aliphatic heterocycles. The molecule has 1 fully saturated rings. The number of hydrogen-bond acceptors (Lipinski definition) is 5. The molecule has 0 aliphatic carbocycles. The first-order chi connectivity index (χ1) is 12.5. The summed E-state index contributed by atoms with van der Waals surface area (Å²) in [7, 11) is 0. The van der Waals surface area contributed by atoms with Gasteiger partial charge in [0.15, 0.2) is 0 Å². The van der Waals surface area contributed by atoms with E-state index in [0.29, 0.717) is 31.3 Å². The second-order valence-corrected chi connectivity index (χ2v) is 7.46. The van der Waals surface area contributed by atoms with Crippen LogP contribution in [0.25, 0.3) is 0 Å². The van der Waals surface area contributed by atoms with Gasteiger partial charge in [0, 0.05) is 25.2 Å². The van der Waals surface area contributed by atoms with Crippen molar-refractivity contribution >= 4 is 40.2 Å². The van der Waals surface area contributed by atoms with Gasteiger partial charge in [-0.2, -0.15) is 0 Å². The third kappa shape index (κ3) is 4.70. The Balaban J connectivity index is 1.50. The smallest absolute Gasteiger partial charge is 0.260 e. The first-order valence-corrected chi connectivity index (χ1v) is 9.40. The number of benzene rings is 1. The van der Waals surface area contributed by atoms with Gasteiger partial charge in [-0.05, 0) is 18.6 Å². The van der Waals surface area contributed by atoms with Crippen LogP contribution in [0.4, 0.5) is 5.69 Å². The fraction of sp³-hybridized carbons (Fsp3) is 0.444. The standard InChI is InChI=1S/C18H21N3O4S/c1-12-4-2-3-5-13(12)19-15(22)10-14-18(24)20-16(26-14)11-17(23)21-6-8-25-9-7-21/h2-5,14H,6-11H2,1H3,(H,19,22)/t14-/m1/s1. The second kappa shape index (κ2) is 8.46. The number of para-hydroxylation sites is 1. The molecule has 0 saturated carbocycles. The molecule has 1 aromatic rings. The summed E-state index contributed by atoms with van der Waals surface area (Å²) < 4.78 is 5.23. The van der Waals surface area contributed by atoms with Gasteiger partial charge in [0.2, 0.25) is 11.8 Å². The number of amides is 3. The lowest BCUT2D eigenvalue weighted by molar-refractivity contribution is -0.133. The van der Waals surface area contributed by atoms with Crippen molar-refractivity contribution in [2.45, 2.75) is 25.0 Å². The van der Waals surface area contributed by atoms with Crippen LogP contribution in [-0.2, 0) is 19.1 Å². The minimum Gasteiger partial charge on any atom is -0.378 e. The van der Waals surface area contributed by atoms with E-state index in [2.05, 4.69) is 10.3 Å². The van der Waals surface area contributed by atoms with Crippen molar-refractivity contribution in [3.63, 3.8) is 0 Å². The Morgan fingerprint density at radius 2 is 2.04 bits per heavy atom. The van der Waals surface area contributed by atoms with E-state index in [4.69, 9.17) is 4.74 Å². The monoisotopic (exact) mass is 375 g/mol. The molecule has 1 saturated heterocycles. The van der Waals surface area contributed by atoms with E-state index in [1.165, 1.54) is 11.8 Å². The largest absolute Gasteiger partial charge is 0.378 e. The van der Waals surface area contributed by atoms with Crippen LogP contribution in [0.3, 0.4) is 0 Å². The van der Waals surface area contributed by atoms with Crippen LogP contribution in [0.15, 0.2) is 29.3 Å². The van der Waals surface area contributed by atoms with E-state index < -0.39 is 5.25 Å². The SMILES string of the molecule is Cc1ccccc1NC(=O)C[C@H]1SC(CC(=O)N2CCOCC2)=NC1=O. The Hall–Kier alpha value is -2.19. The molecule has 8 heteroatoms. The van der Waals surface area contributed by atoms with Gasteiger partial charge in [-0.15, -0.1) is 0 Å². The zero-order chi connectivity index (χ0) is 18.5. The van der Waals surface area contributed by atoms with Crippen molar-refractivity contribution < 1.29 is 19.1 Å². The van der Waals surface area contributed by atoms with E-state index in [1.807, 2.05) is 31.2 Å². The molecule has 138 valence electrons. The summed E-state index contributed by atoms with van der Waals surface area (Å²) in [6.07, 6.45) is 0.142. The van der Waals surface area contributed by atoms with Gasteiger partial charge >= 0.3 is 0 Å². The average Bonchev–Trinajstić information content (AvgIpc) is 2.96. The van der Waals surface area contributed by atoms with Gasteiger partial charge in [-0.1, -0.05) is 30.0 Å². The number of anilines is 1. The minimum absolute atomic E-state index is 0.0383. The van der Waals surface area contributed by atoms with Gasteiger partial charge < -0.3 is 15.0 Å². The Kier molecular flexibility index (Phi) is 6.05. The summed E-state index contributed by atoms with van der Waals surface area (Å²) in [5.41, 5.74) is 1.69. The summed E-state index contributed by atoms with van der Waals surface area (Å²) >= 11 is 1.22. The molecular weight excluding hydrogens is 354 g/mol. The molecule has 2 aliphatic rings. The van der Waals surface area contributed by atoms with Crippen molar-refractivity contribution in [2.75, 3.05) is 31.6 Å². The Morgan fingerprint density at radius 1 is 1.31 bits per heavy atom. The summed E-state index contributed by atoms with van der Waals surface area (Å²) in [4.78, 5) is 42.2. The molecular formula is C18H21N3O4S. The van der Waals surface area contributed by atoms with E-state index >= 15 is 0 Å². The molecule has 0 spiro atoms. The summed E-state index contributed by atoms with van der Waals surface area (Å²) in [5, 5.41) is 2.74. The molecule has 1 N–H and O–H groups in total. The number of hydrogen-bond donors (Lipinski definition) is 1. The molecule has 0 unspecified atom stereocenters. The van der Waals surface area contributed by atoms with Gasteiger partial charge in [0.25, 0.3) is 5.91 Å². The predicted molar refractivity (Wildman–Crippen MR) is 100 cm³/mol. The molecule has 0 radical (unpaired) electrons. The molecule has 26 heavy (non-hydrogen) atoms. The van der Waals surface area contributed by atoms with Gasteiger partial charge in [0.1, 0.15) is 5.25 Å². The Labute approximate surface area is 156 Å². The summed E-state index contributed by atoms with van der Waals surface area (Å²) in [6.45, 7) is 4.10. The van der Waals surface area contributed by atoms with Crippen LogP contribution >= 0.6 is 11.8 Å². The molecule has 3 amide bonds. The number of morpholine rings is 1. The molecule has 0 bridgehead atoms. The average molecular weight is 375 g/mol. The van der Waals surface area contributed by atoms with Crippen LogP contribution in [-0.4, -0.2) is 59.2 Å². The predicted octanol–water partition coefficient (Wildman–Crippen LogP) is 1.61. The zero-order valence-corrected chi connectivity index (χ0v) is 15.4. The lowest BCUT2D eigenvalue weighted by atomic mass is 10.2. The molecule has 3 rings (SSSR count). The van der Waals surface area contributed by atoms with E-state index in [9.17, 15) is 14.4 Å². The lowest BCUT2D eigenvalue weighted by Crippen LogP contribution is -2.41. The Morgan fingerprint density at radius 3 is 2.77 bits per heavy atom. The van der Waals surface area contributed by atoms with Crippen molar-refractivity contribution in [1.29, 1.82) is 0 Å². The topological polar surface area (TPSA) is 88.1 Å². The third-order valence-corrected chi connectivity index (χ3v) is 5.41. The number of aryl methyl sites for hydroxylation is 1. The lowest BCUT2D eigenvalue weighted by Gasteiger charge is -2.26. The number of thioether (sulfide) groups is 1. The highest BCUT2D eigenvalue weighted by Gasteiger charge is 2.32. The second-order valence-electron chi connectivity index (χ2n) is 6.19. The van der Waals surface area contributed by atoms with Gasteiger partial charge in [-0.3, -0.25) is 14.4 Å². The molecule has 1 aromatic carbocycles. The van der Waals surface area contributed by atoms with Gasteiger partial charge in [-0.25, -0.2) is 4.99 Å². The first-order valence-electron chi connectivity index (χ1n) is 8.52. The van der Waals surface area contributed by atoms with Crippen LogP contribution in [0.5, 0.6) is 0 Å². The third-order valence-electron chi connectivity index (χ3n) is 4.24. The molecule has 0 aromatic heterocycles.